The van der Waals surface area contributed by atoms with E-state index >= 15 is 0 Å². The molecular formula is C22H20ClN3O5. The summed E-state index contributed by atoms with van der Waals surface area (Å²) in [6.45, 7) is 2.07. The molecule has 4 rings (SSSR count). The number of aromatic amines is 1. The van der Waals surface area contributed by atoms with Crippen molar-refractivity contribution in [3.8, 4) is 17.4 Å². The molecule has 0 amide bonds. The summed E-state index contributed by atoms with van der Waals surface area (Å²) in [5, 5.41) is 2.07. The zero-order chi connectivity index (χ0) is 22.0. The fourth-order valence-electron chi connectivity index (χ4n) is 3.30. The number of aromatic nitrogens is 2. The quantitative estimate of drug-likeness (QED) is 0.303. The molecule has 0 fully saturated rings. The van der Waals surface area contributed by atoms with Crippen LogP contribution in [0.2, 0.25) is 5.02 Å². The Labute approximate surface area is 182 Å². The van der Waals surface area contributed by atoms with Gasteiger partial charge in [0.1, 0.15) is 11.5 Å². The first-order valence-corrected chi connectivity index (χ1v) is 9.87. The van der Waals surface area contributed by atoms with Gasteiger partial charge in [-0.2, -0.15) is 0 Å². The van der Waals surface area contributed by atoms with Gasteiger partial charge in [-0.1, -0.05) is 11.6 Å². The van der Waals surface area contributed by atoms with Crippen molar-refractivity contribution in [2.45, 2.75) is 13.5 Å². The molecular weight excluding hydrogens is 422 g/mol. The number of nitrogen functional groups attached to an aromatic ring is 1. The van der Waals surface area contributed by atoms with Crippen molar-refractivity contribution in [3.63, 3.8) is 0 Å². The highest BCUT2D eigenvalue weighted by Gasteiger charge is 2.19. The van der Waals surface area contributed by atoms with Crippen molar-refractivity contribution in [2.24, 2.45) is 0 Å². The van der Waals surface area contributed by atoms with Crippen LogP contribution in [0.25, 0.3) is 21.8 Å². The molecule has 3 N–H and O–H groups in total. The Morgan fingerprint density at radius 2 is 2.03 bits per heavy atom. The third-order valence-electron chi connectivity index (χ3n) is 4.58. The summed E-state index contributed by atoms with van der Waals surface area (Å²) in [6, 6.07) is 10.6. The number of ether oxygens (including phenoxy) is 4. The molecule has 8 nitrogen and oxygen atoms in total. The maximum atomic E-state index is 11.8. The van der Waals surface area contributed by atoms with Crippen LogP contribution in [0, 0.1) is 0 Å². The lowest BCUT2D eigenvalue weighted by atomic mass is 10.1. The zero-order valence-electron chi connectivity index (χ0n) is 16.9. The smallest absolute Gasteiger partial charge is 0.456 e. The molecule has 0 saturated heterocycles. The summed E-state index contributed by atoms with van der Waals surface area (Å²) in [6.07, 6.45) is 0.772. The first-order chi connectivity index (χ1) is 15.0. The second-order valence-electron chi connectivity index (χ2n) is 6.67. The van der Waals surface area contributed by atoms with E-state index in [0.29, 0.717) is 27.8 Å². The Kier molecular flexibility index (Phi) is 5.83. The largest absolute Gasteiger partial charge is 0.515 e. The molecule has 0 spiro atoms. The molecule has 0 aliphatic heterocycles. The van der Waals surface area contributed by atoms with Gasteiger partial charge in [0, 0.05) is 29.1 Å². The maximum absolute atomic E-state index is 11.8. The Hall–Kier alpha value is -3.49. The molecule has 0 saturated carbocycles. The van der Waals surface area contributed by atoms with E-state index in [-0.39, 0.29) is 19.1 Å². The summed E-state index contributed by atoms with van der Waals surface area (Å²) in [7, 11) is 1.56. The fourth-order valence-corrected chi connectivity index (χ4v) is 3.53. The first kappa shape index (κ1) is 20.8. The highest BCUT2D eigenvalue weighted by molar-refractivity contribution is 6.32. The van der Waals surface area contributed by atoms with Crippen molar-refractivity contribution in [1.82, 2.24) is 9.97 Å². The van der Waals surface area contributed by atoms with Gasteiger partial charge in [0.15, 0.2) is 0 Å². The van der Waals surface area contributed by atoms with Crippen LogP contribution < -0.4 is 15.2 Å². The molecule has 0 radical (unpaired) electrons. The van der Waals surface area contributed by atoms with E-state index in [1.807, 2.05) is 18.2 Å². The number of halogens is 1. The van der Waals surface area contributed by atoms with Gasteiger partial charge in [-0.3, -0.25) is 0 Å². The molecule has 4 aromatic rings. The number of fused-ring (bicyclic) bond motifs is 3. The molecule has 160 valence electrons. The van der Waals surface area contributed by atoms with Crippen LogP contribution >= 0.6 is 11.6 Å². The van der Waals surface area contributed by atoms with E-state index in [2.05, 4.69) is 9.97 Å². The van der Waals surface area contributed by atoms with Crippen LogP contribution in [0.15, 0.2) is 42.6 Å². The van der Waals surface area contributed by atoms with Gasteiger partial charge in [0.25, 0.3) is 0 Å². The van der Waals surface area contributed by atoms with Crippen molar-refractivity contribution >= 4 is 45.2 Å². The van der Waals surface area contributed by atoms with Gasteiger partial charge in [-0.25, -0.2) is 9.78 Å². The van der Waals surface area contributed by atoms with Gasteiger partial charge in [0.2, 0.25) is 5.88 Å². The average molecular weight is 442 g/mol. The highest BCUT2D eigenvalue weighted by Crippen LogP contribution is 2.37. The lowest BCUT2D eigenvalue weighted by molar-refractivity contribution is 0.101. The molecule has 2 aromatic carbocycles. The number of anilines is 1. The number of methoxy groups -OCH3 is 1. The lowest BCUT2D eigenvalue weighted by Gasteiger charge is -2.10. The second kappa shape index (κ2) is 8.71. The number of nitrogens with one attached hydrogen (secondary N) is 1. The van der Waals surface area contributed by atoms with Gasteiger partial charge in [-0.15, -0.1) is 0 Å². The number of nitrogens with zero attached hydrogens (tertiary/aromatic N) is 1. The number of rotatable bonds is 6. The number of hydrogen-bond donors (Lipinski definition) is 2. The van der Waals surface area contributed by atoms with Crippen LogP contribution in [0.1, 0.15) is 12.5 Å². The van der Waals surface area contributed by atoms with Crippen LogP contribution in [0.4, 0.5) is 10.5 Å². The minimum atomic E-state index is -0.825. The molecule has 2 heterocycles. The highest BCUT2D eigenvalue weighted by atomic mass is 35.5. The number of carbonyl (C=O) groups is 1. The first-order valence-electron chi connectivity index (χ1n) is 9.50. The molecule has 0 unspecified atom stereocenters. The Morgan fingerprint density at radius 1 is 1.19 bits per heavy atom. The van der Waals surface area contributed by atoms with E-state index in [0.717, 1.165) is 21.8 Å². The van der Waals surface area contributed by atoms with Crippen LogP contribution in [0.3, 0.4) is 0 Å². The fraction of sp³-hybridized carbons (Fsp3) is 0.182. The average Bonchev–Trinajstić information content (AvgIpc) is 3.10. The lowest BCUT2D eigenvalue weighted by Crippen LogP contribution is -2.12. The maximum Gasteiger partial charge on any atom is 0.515 e. The Balaban J connectivity index is 1.81. The summed E-state index contributed by atoms with van der Waals surface area (Å²) in [5.74, 6) is 1.19. The van der Waals surface area contributed by atoms with Crippen LogP contribution in [-0.2, 0) is 16.1 Å². The summed E-state index contributed by atoms with van der Waals surface area (Å²) in [5.41, 5.74) is 8.54. The van der Waals surface area contributed by atoms with Gasteiger partial charge >= 0.3 is 6.16 Å². The number of H-pyrrole nitrogens is 1. The number of carbonyl (C=O) groups excluding carboxylic acids is 1. The number of benzene rings is 2. The third kappa shape index (κ3) is 4.21. The Morgan fingerprint density at radius 3 is 2.77 bits per heavy atom. The number of hydrogen-bond acceptors (Lipinski definition) is 7. The third-order valence-corrected chi connectivity index (χ3v) is 4.88. The molecule has 2 aromatic heterocycles. The summed E-state index contributed by atoms with van der Waals surface area (Å²) in [4.78, 5) is 19.4. The van der Waals surface area contributed by atoms with Crippen molar-refractivity contribution in [1.29, 1.82) is 0 Å². The molecule has 0 bridgehead atoms. The minimum Gasteiger partial charge on any atom is -0.456 e. The molecule has 9 heteroatoms. The van der Waals surface area contributed by atoms with Crippen LogP contribution in [-0.4, -0.2) is 29.8 Å². The zero-order valence-corrected chi connectivity index (χ0v) is 17.7. The Bertz CT molecular complexity index is 1270. The number of pyridine rings is 1. The van der Waals surface area contributed by atoms with Crippen molar-refractivity contribution in [2.75, 3.05) is 19.5 Å². The van der Waals surface area contributed by atoms with E-state index in [9.17, 15) is 4.79 Å². The summed E-state index contributed by atoms with van der Waals surface area (Å²) < 4.78 is 21.5. The van der Waals surface area contributed by atoms with E-state index in [1.54, 1.807) is 38.4 Å². The van der Waals surface area contributed by atoms with Gasteiger partial charge in [-0.05, 0) is 43.3 Å². The van der Waals surface area contributed by atoms with E-state index in [4.69, 9.17) is 36.3 Å². The van der Waals surface area contributed by atoms with E-state index in [1.165, 1.54) is 0 Å². The van der Waals surface area contributed by atoms with Gasteiger partial charge < -0.3 is 29.7 Å². The van der Waals surface area contributed by atoms with Crippen molar-refractivity contribution < 1.29 is 23.7 Å². The monoisotopic (exact) mass is 441 g/mol. The van der Waals surface area contributed by atoms with Gasteiger partial charge in [0.05, 0.1) is 35.5 Å². The SMILES string of the molecule is CCOC(=O)Oc1ncc2[nH]c3ccc(Oc4ccc(N)cc4Cl)cc3c2c1COC. The second-order valence-corrected chi connectivity index (χ2v) is 7.08. The summed E-state index contributed by atoms with van der Waals surface area (Å²) >= 11 is 6.24. The standard InChI is InChI=1S/C22H20ClN3O5/c1-3-29-22(27)31-21-15(11-28-2)20-14-9-13(5-6-17(14)26-18(20)10-25-21)30-19-7-4-12(24)8-16(19)23/h4-10,26H,3,11,24H2,1-2H3. The number of nitrogens with two attached hydrogens (primary N) is 1. The predicted molar refractivity (Wildman–Crippen MR) is 118 cm³/mol. The van der Waals surface area contributed by atoms with Crippen LogP contribution in [0.5, 0.6) is 17.4 Å². The van der Waals surface area contributed by atoms with Crippen molar-refractivity contribution in [3.05, 3.63) is 53.2 Å². The predicted octanol–water partition coefficient (Wildman–Crippen LogP) is 5.43. The van der Waals surface area contributed by atoms with E-state index < -0.39 is 6.16 Å². The molecule has 0 atom stereocenters. The normalized spacial score (nSPS) is 11.1. The topological polar surface area (TPSA) is 109 Å². The molecule has 0 aliphatic rings. The molecule has 31 heavy (non-hydrogen) atoms. The molecule has 0 aliphatic carbocycles. The minimum absolute atomic E-state index is 0.126.